The van der Waals surface area contributed by atoms with E-state index < -0.39 is 0 Å². The zero-order valence-electron chi connectivity index (χ0n) is 11.5. The molecule has 5 heteroatoms. The van der Waals surface area contributed by atoms with Gasteiger partial charge in [-0.2, -0.15) is 0 Å². The number of thiophene rings is 2. The Morgan fingerprint density at radius 1 is 1.29 bits per heavy atom. The van der Waals surface area contributed by atoms with Crippen LogP contribution in [0, 0.1) is 0 Å². The summed E-state index contributed by atoms with van der Waals surface area (Å²) in [6.07, 6.45) is 2.10. The Kier molecular flexibility index (Phi) is 3.21. The van der Waals surface area contributed by atoms with Gasteiger partial charge in [-0.1, -0.05) is 18.2 Å². The molecule has 1 aliphatic heterocycles. The van der Waals surface area contributed by atoms with Gasteiger partial charge in [-0.3, -0.25) is 4.79 Å². The van der Waals surface area contributed by atoms with E-state index in [-0.39, 0.29) is 11.9 Å². The van der Waals surface area contributed by atoms with Crippen molar-refractivity contribution in [1.29, 1.82) is 0 Å². The van der Waals surface area contributed by atoms with E-state index in [4.69, 9.17) is 5.73 Å². The zero-order chi connectivity index (χ0) is 14.4. The lowest BCUT2D eigenvalue weighted by Crippen LogP contribution is -2.39. The molecule has 0 saturated carbocycles. The Morgan fingerprint density at radius 3 is 3.00 bits per heavy atom. The number of benzene rings is 1. The van der Waals surface area contributed by atoms with Crippen LogP contribution in [0.15, 0.2) is 30.3 Å². The topological polar surface area (TPSA) is 46.3 Å². The van der Waals surface area contributed by atoms with Gasteiger partial charge in [0.25, 0.3) is 5.91 Å². The smallest absolute Gasteiger partial charge is 0.264 e. The number of nitrogens with two attached hydrogens (primary N) is 1. The number of hydrogen-bond acceptors (Lipinski definition) is 4. The van der Waals surface area contributed by atoms with E-state index in [1.807, 2.05) is 4.90 Å². The number of carbonyl (C=O) groups excluding carboxylic acids is 1. The minimum atomic E-state index is 0.153. The summed E-state index contributed by atoms with van der Waals surface area (Å²) < 4.78 is 3.74. The quantitative estimate of drug-likeness (QED) is 0.784. The lowest BCUT2D eigenvalue weighted by atomic mass is 10.2. The summed E-state index contributed by atoms with van der Waals surface area (Å²) in [5.41, 5.74) is 5.78. The molecule has 108 valence electrons. The van der Waals surface area contributed by atoms with Crippen molar-refractivity contribution < 1.29 is 4.79 Å². The second-order valence-corrected chi connectivity index (χ2v) is 7.57. The minimum absolute atomic E-state index is 0.153. The molecule has 0 aliphatic carbocycles. The lowest BCUT2D eigenvalue weighted by Gasteiger charge is -2.22. The molecule has 4 rings (SSSR count). The number of nitrogens with zero attached hydrogens (tertiary/aromatic N) is 1. The molecule has 1 saturated heterocycles. The molecule has 3 nitrogen and oxygen atoms in total. The number of hydrogen-bond donors (Lipinski definition) is 1. The molecule has 1 fully saturated rings. The first kappa shape index (κ1) is 13.2. The molecule has 1 atom stereocenters. The van der Waals surface area contributed by atoms with Crippen LogP contribution in [0.25, 0.3) is 19.5 Å². The molecule has 2 N–H and O–H groups in total. The predicted octanol–water partition coefficient (Wildman–Crippen LogP) is 3.68. The number of likely N-dealkylation sites (tertiary alicyclic amines) is 1. The lowest BCUT2D eigenvalue weighted by molar-refractivity contribution is 0.0746. The molecule has 21 heavy (non-hydrogen) atoms. The van der Waals surface area contributed by atoms with Crippen LogP contribution in [0.1, 0.15) is 22.5 Å². The van der Waals surface area contributed by atoms with E-state index >= 15 is 0 Å². The van der Waals surface area contributed by atoms with Gasteiger partial charge in [0, 0.05) is 33.9 Å². The summed E-state index contributed by atoms with van der Waals surface area (Å²) in [6.45, 7) is 1.40. The molecular formula is C16H16N2OS2. The van der Waals surface area contributed by atoms with Crippen molar-refractivity contribution in [1.82, 2.24) is 4.90 Å². The molecule has 3 heterocycles. The average molecular weight is 316 g/mol. The summed E-state index contributed by atoms with van der Waals surface area (Å²) in [6, 6.07) is 10.7. The van der Waals surface area contributed by atoms with E-state index in [9.17, 15) is 4.79 Å². The molecule has 0 bridgehead atoms. The second kappa shape index (κ2) is 5.09. The first-order valence-electron chi connectivity index (χ1n) is 7.20. The number of amides is 1. The van der Waals surface area contributed by atoms with Crippen molar-refractivity contribution in [2.45, 2.75) is 18.9 Å². The fraction of sp³-hybridized carbons (Fsp3) is 0.312. The highest BCUT2D eigenvalue weighted by Gasteiger charge is 2.29. The Balaban J connectivity index is 1.75. The average Bonchev–Trinajstić information content (AvgIpc) is 3.19. The Morgan fingerprint density at radius 2 is 2.14 bits per heavy atom. The maximum absolute atomic E-state index is 12.7. The van der Waals surface area contributed by atoms with Gasteiger partial charge in [-0.25, -0.2) is 0 Å². The van der Waals surface area contributed by atoms with Gasteiger partial charge in [0.2, 0.25) is 0 Å². The van der Waals surface area contributed by atoms with Crippen LogP contribution in [0.4, 0.5) is 0 Å². The molecule has 2 aromatic heterocycles. The summed E-state index contributed by atoms with van der Waals surface area (Å²) >= 11 is 3.38. The van der Waals surface area contributed by atoms with Crippen molar-refractivity contribution in [2.75, 3.05) is 13.1 Å². The largest absolute Gasteiger partial charge is 0.334 e. The van der Waals surface area contributed by atoms with Crippen molar-refractivity contribution in [3.63, 3.8) is 0 Å². The zero-order valence-corrected chi connectivity index (χ0v) is 13.2. The van der Waals surface area contributed by atoms with Crippen molar-refractivity contribution in [3.8, 4) is 0 Å². The first-order chi connectivity index (χ1) is 10.3. The first-order valence-corrected chi connectivity index (χ1v) is 8.83. The Hall–Kier alpha value is -1.43. The van der Waals surface area contributed by atoms with Crippen LogP contribution in [0.3, 0.4) is 0 Å². The molecule has 1 aliphatic rings. The normalized spacial score (nSPS) is 18.9. The highest BCUT2D eigenvalue weighted by Crippen LogP contribution is 2.39. The van der Waals surface area contributed by atoms with Crippen LogP contribution in [-0.4, -0.2) is 29.9 Å². The third-order valence-corrected chi connectivity index (χ3v) is 6.57. The minimum Gasteiger partial charge on any atom is -0.334 e. The molecule has 1 amide bonds. The summed E-state index contributed by atoms with van der Waals surface area (Å²) in [5.74, 6) is 0.153. The summed E-state index contributed by atoms with van der Waals surface area (Å²) in [4.78, 5) is 15.5. The summed E-state index contributed by atoms with van der Waals surface area (Å²) in [7, 11) is 0. The standard InChI is InChI=1S/C16H16N2OS2/c17-9-10-4-3-7-18(10)16(19)14-8-13-15(21-14)11-5-1-2-6-12(11)20-13/h1-2,5-6,8,10H,3-4,7,9,17H2. The van der Waals surface area contributed by atoms with Crippen LogP contribution >= 0.6 is 22.7 Å². The second-order valence-electron chi connectivity index (χ2n) is 5.43. The molecule has 1 unspecified atom stereocenters. The molecule has 0 radical (unpaired) electrons. The van der Waals surface area contributed by atoms with Crippen LogP contribution in [0.5, 0.6) is 0 Å². The molecule has 3 aromatic rings. The van der Waals surface area contributed by atoms with Gasteiger partial charge in [0.15, 0.2) is 0 Å². The fourth-order valence-corrected chi connectivity index (χ4v) is 5.58. The SMILES string of the molecule is NCC1CCCN1C(=O)c1cc2sc3ccccc3c2s1. The third-order valence-electron chi connectivity index (χ3n) is 4.17. The van der Waals surface area contributed by atoms with E-state index in [2.05, 4.69) is 30.3 Å². The highest BCUT2D eigenvalue weighted by atomic mass is 32.1. The van der Waals surface area contributed by atoms with Gasteiger partial charge in [-0.15, -0.1) is 22.7 Å². The Bertz CT molecular complexity index is 820. The predicted molar refractivity (Wildman–Crippen MR) is 90.3 cm³/mol. The summed E-state index contributed by atoms with van der Waals surface area (Å²) in [5, 5.41) is 1.26. The third kappa shape index (κ3) is 2.08. The van der Waals surface area contributed by atoms with Crippen molar-refractivity contribution in [3.05, 3.63) is 35.2 Å². The molecule has 0 spiro atoms. The van der Waals surface area contributed by atoms with Crippen LogP contribution < -0.4 is 5.73 Å². The van der Waals surface area contributed by atoms with Crippen molar-refractivity contribution in [2.24, 2.45) is 5.73 Å². The maximum Gasteiger partial charge on any atom is 0.264 e. The number of rotatable bonds is 2. The van der Waals surface area contributed by atoms with Gasteiger partial charge < -0.3 is 10.6 Å². The number of fused-ring (bicyclic) bond motifs is 3. The van der Waals surface area contributed by atoms with Gasteiger partial charge in [0.1, 0.15) is 0 Å². The van der Waals surface area contributed by atoms with E-state index in [0.717, 1.165) is 24.3 Å². The van der Waals surface area contributed by atoms with Crippen LogP contribution in [0.2, 0.25) is 0 Å². The Labute approximate surface area is 131 Å². The van der Waals surface area contributed by atoms with E-state index in [0.29, 0.717) is 6.54 Å². The molecule has 1 aromatic carbocycles. The number of carbonyl (C=O) groups is 1. The van der Waals surface area contributed by atoms with Gasteiger partial charge in [0.05, 0.1) is 9.58 Å². The monoisotopic (exact) mass is 316 g/mol. The fourth-order valence-electron chi connectivity index (χ4n) is 3.09. The van der Waals surface area contributed by atoms with E-state index in [1.54, 1.807) is 22.7 Å². The maximum atomic E-state index is 12.7. The van der Waals surface area contributed by atoms with Crippen molar-refractivity contribution >= 4 is 48.1 Å². The van der Waals surface area contributed by atoms with E-state index in [1.165, 1.54) is 19.5 Å². The highest BCUT2D eigenvalue weighted by molar-refractivity contribution is 7.33. The van der Waals surface area contributed by atoms with Gasteiger partial charge >= 0.3 is 0 Å². The molecular weight excluding hydrogens is 300 g/mol. The van der Waals surface area contributed by atoms with Gasteiger partial charge in [-0.05, 0) is 25.0 Å². The van der Waals surface area contributed by atoms with Crippen LogP contribution in [-0.2, 0) is 0 Å².